The van der Waals surface area contributed by atoms with Crippen LogP contribution in [0.2, 0.25) is 0 Å². The maximum atomic E-state index is 13.5. The first-order valence-corrected chi connectivity index (χ1v) is 12.5. The molecule has 3 fully saturated rings. The summed E-state index contributed by atoms with van der Waals surface area (Å²) in [6.45, 7) is 5.06. The van der Waals surface area contributed by atoms with Crippen LogP contribution in [-0.4, -0.2) is 53.0 Å². The Morgan fingerprint density at radius 2 is 1.47 bits per heavy atom. The van der Waals surface area contributed by atoms with E-state index in [4.69, 9.17) is 0 Å². The molecule has 0 aromatic heterocycles. The molecule has 4 heteroatoms. The highest BCUT2D eigenvalue weighted by atomic mass is 19.1. The van der Waals surface area contributed by atoms with Crippen LogP contribution < -0.4 is 0 Å². The predicted molar refractivity (Wildman–Crippen MR) is 120 cm³/mol. The van der Waals surface area contributed by atoms with Crippen molar-refractivity contribution < 1.29 is 13.7 Å². The number of carbonyl (C=O) groups is 1. The Morgan fingerprint density at radius 1 is 0.900 bits per heavy atom. The zero-order valence-corrected chi connectivity index (χ0v) is 18.8. The number of hydrogen-bond acceptors (Lipinski definition) is 2. The first-order chi connectivity index (χ1) is 14.6. The van der Waals surface area contributed by atoms with E-state index in [0.717, 1.165) is 37.0 Å². The van der Waals surface area contributed by atoms with Crippen molar-refractivity contribution in [3.63, 3.8) is 0 Å². The third-order valence-electron chi connectivity index (χ3n) is 8.38. The predicted octanol–water partition coefficient (Wildman–Crippen LogP) is 5.47. The molecular weight excluding hydrogens is 375 g/mol. The molecule has 166 valence electrons. The molecule has 1 saturated heterocycles. The van der Waals surface area contributed by atoms with Crippen LogP contribution in [0.5, 0.6) is 0 Å². The number of amides is 1. The Balaban J connectivity index is 1.50. The number of carbonyl (C=O) groups excluding carboxylic acids is 1. The second-order valence-electron chi connectivity index (χ2n) is 10.1. The van der Waals surface area contributed by atoms with Crippen LogP contribution in [0.3, 0.4) is 0 Å². The third kappa shape index (κ3) is 4.50. The monoisotopic (exact) mass is 415 g/mol. The maximum Gasteiger partial charge on any atom is 0.311 e. The molecule has 2 aliphatic carbocycles. The molecule has 0 unspecified atom stereocenters. The molecular formula is C26H40FN2O+. The van der Waals surface area contributed by atoms with Crippen LogP contribution in [0.15, 0.2) is 24.3 Å². The summed E-state index contributed by atoms with van der Waals surface area (Å²) in [7, 11) is 0. The van der Waals surface area contributed by atoms with Gasteiger partial charge in [-0.2, -0.15) is 0 Å². The average molecular weight is 416 g/mol. The zero-order valence-electron chi connectivity index (χ0n) is 18.8. The van der Waals surface area contributed by atoms with Crippen molar-refractivity contribution in [3.05, 3.63) is 35.6 Å². The summed E-state index contributed by atoms with van der Waals surface area (Å²) in [4.78, 5) is 16.1. The van der Waals surface area contributed by atoms with E-state index >= 15 is 0 Å². The van der Waals surface area contributed by atoms with Crippen LogP contribution in [0.4, 0.5) is 4.39 Å². The first kappa shape index (κ1) is 22.0. The van der Waals surface area contributed by atoms with Crippen LogP contribution in [0.25, 0.3) is 0 Å². The van der Waals surface area contributed by atoms with Gasteiger partial charge in [-0.15, -0.1) is 0 Å². The van der Waals surface area contributed by atoms with Crippen molar-refractivity contribution in [1.82, 2.24) is 4.90 Å². The van der Waals surface area contributed by atoms with E-state index in [9.17, 15) is 9.18 Å². The molecule has 2 saturated carbocycles. The van der Waals surface area contributed by atoms with E-state index in [-0.39, 0.29) is 5.82 Å². The Bertz CT molecular complexity index is 673. The summed E-state index contributed by atoms with van der Waals surface area (Å²) in [6, 6.07) is 8.48. The zero-order chi connectivity index (χ0) is 21.0. The summed E-state index contributed by atoms with van der Waals surface area (Å²) in [5, 5.41) is 0. The van der Waals surface area contributed by atoms with E-state index in [1.165, 1.54) is 69.8 Å². The summed E-state index contributed by atoms with van der Waals surface area (Å²) >= 11 is 0. The molecule has 1 aliphatic heterocycles. The molecule has 4 rings (SSSR count). The number of likely N-dealkylation sites (tertiary alicyclic amines) is 1. The van der Waals surface area contributed by atoms with Crippen molar-refractivity contribution in [1.29, 1.82) is 0 Å². The lowest BCUT2D eigenvalue weighted by atomic mass is 9.83. The van der Waals surface area contributed by atoms with Gasteiger partial charge in [0.05, 0.1) is 25.6 Å². The summed E-state index contributed by atoms with van der Waals surface area (Å²) in [6.07, 6.45) is 14.9. The molecule has 3 nitrogen and oxygen atoms in total. The average Bonchev–Trinajstić information content (AvgIpc) is 3.24. The largest absolute Gasteiger partial charge is 0.311 e. The van der Waals surface area contributed by atoms with Gasteiger partial charge in [0.1, 0.15) is 11.9 Å². The SMILES string of the molecule is CC(=O)[N+](C1CCCCC1)(C1CCCCC1)[C@H]1CCN(CCc2ccc(F)cc2)C1. The maximum absolute atomic E-state index is 13.5. The summed E-state index contributed by atoms with van der Waals surface area (Å²) in [5.74, 6) is 0.280. The number of quaternary nitrogens is 1. The van der Waals surface area contributed by atoms with E-state index in [1.807, 2.05) is 19.1 Å². The molecule has 0 N–H and O–H groups in total. The van der Waals surface area contributed by atoms with Crippen molar-refractivity contribution in [2.24, 2.45) is 0 Å². The van der Waals surface area contributed by atoms with E-state index < -0.39 is 0 Å². The lowest BCUT2D eigenvalue weighted by Crippen LogP contribution is -2.70. The van der Waals surface area contributed by atoms with Gasteiger partial charge in [-0.1, -0.05) is 25.0 Å². The molecule has 0 bridgehead atoms. The molecule has 0 radical (unpaired) electrons. The van der Waals surface area contributed by atoms with Gasteiger partial charge in [0.15, 0.2) is 0 Å². The Kier molecular flexibility index (Phi) is 7.25. The minimum atomic E-state index is -0.163. The van der Waals surface area contributed by atoms with Crippen LogP contribution in [0.1, 0.15) is 83.1 Å². The van der Waals surface area contributed by atoms with E-state index in [1.54, 1.807) is 12.1 Å². The lowest BCUT2D eigenvalue weighted by molar-refractivity contribution is -0.927. The molecule has 0 spiro atoms. The first-order valence-electron chi connectivity index (χ1n) is 12.5. The lowest BCUT2D eigenvalue weighted by Gasteiger charge is -2.53. The molecule has 1 aromatic rings. The number of halogens is 1. The van der Waals surface area contributed by atoms with Gasteiger partial charge in [0.2, 0.25) is 0 Å². The second kappa shape index (κ2) is 9.91. The highest BCUT2D eigenvalue weighted by molar-refractivity contribution is 5.66. The molecule has 1 aromatic carbocycles. The molecule has 1 atom stereocenters. The normalized spacial score (nSPS) is 24.9. The van der Waals surface area contributed by atoms with E-state index in [0.29, 0.717) is 24.0 Å². The third-order valence-corrected chi connectivity index (χ3v) is 8.38. The number of nitrogens with zero attached hydrogens (tertiary/aromatic N) is 2. The minimum Gasteiger partial charge on any atom is -0.297 e. The highest BCUT2D eigenvalue weighted by Crippen LogP contribution is 2.41. The van der Waals surface area contributed by atoms with Gasteiger partial charge in [0, 0.05) is 19.5 Å². The molecule has 3 aliphatic rings. The topological polar surface area (TPSA) is 20.3 Å². The van der Waals surface area contributed by atoms with Crippen molar-refractivity contribution in [2.75, 3.05) is 19.6 Å². The smallest absolute Gasteiger partial charge is 0.297 e. The fourth-order valence-electron chi connectivity index (χ4n) is 6.98. The Labute approximate surface area is 182 Å². The van der Waals surface area contributed by atoms with Gasteiger partial charge in [0.25, 0.3) is 0 Å². The van der Waals surface area contributed by atoms with Gasteiger partial charge < -0.3 is 0 Å². The van der Waals surface area contributed by atoms with Crippen molar-refractivity contribution in [3.8, 4) is 0 Å². The standard InChI is InChI=1S/C26H40FN2O/c1-21(30)29(24-8-4-2-5-9-24,25-10-6-3-7-11-25)26-17-19-28(20-26)18-16-22-12-14-23(27)15-13-22/h12-15,24-26H,2-11,16-20H2,1H3/q+1/t26-/m0/s1. The Morgan fingerprint density at radius 3 is 2.00 bits per heavy atom. The quantitative estimate of drug-likeness (QED) is 0.574. The Hall–Kier alpha value is -1.26. The van der Waals surface area contributed by atoms with Crippen molar-refractivity contribution >= 4 is 5.91 Å². The number of benzene rings is 1. The minimum absolute atomic E-state index is 0.163. The summed E-state index contributed by atoms with van der Waals surface area (Å²) in [5.41, 5.74) is 1.20. The number of hydrogen-bond donors (Lipinski definition) is 0. The van der Waals surface area contributed by atoms with Crippen LogP contribution >= 0.6 is 0 Å². The van der Waals surface area contributed by atoms with Gasteiger partial charge in [-0.25, -0.2) is 9.18 Å². The fraction of sp³-hybridized carbons (Fsp3) is 0.731. The van der Waals surface area contributed by atoms with Crippen LogP contribution in [-0.2, 0) is 11.2 Å². The second-order valence-corrected chi connectivity index (χ2v) is 10.1. The van der Waals surface area contributed by atoms with Gasteiger partial charge in [-0.3, -0.25) is 9.38 Å². The highest BCUT2D eigenvalue weighted by Gasteiger charge is 2.54. The number of rotatable bonds is 6. The molecule has 30 heavy (non-hydrogen) atoms. The molecule has 1 heterocycles. The van der Waals surface area contributed by atoms with Gasteiger partial charge in [-0.05, 0) is 75.5 Å². The summed E-state index contributed by atoms with van der Waals surface area (Å²) < 4.78 is 14.0. The fourth-order valence-corrected chi connectivity index (χ4v) is 6.98. The van der Waals surface area contributed by atoms with Crippen LogP contribution in [0, 0.1) is 5.82 Å². The molecule has 1 amide bonds. The van der Waals surface area contributed by atoms with Gasteiger partial charge >= 0.3 is 5.91 Å². The van der Waals surface area contributed by atoms with Crippen molar-refractivity contribution in [2.45, 2.75) is 102 Å². The van der Waals surface area contributed by atoms with E-state index in [2.05, 4.69) is 4.90 Å².